The molecule has 0 aliphatic carbocycles. The number of nitrogens with zero attached hydrogens (tertiary/aromatic N) is 3. The van der Waals surface area contributed by atoms with E-state index in [1.165, 1.54) is 6.07 Å². The lowest BCUT2D eigenvalue weighted by Gasteiger charge is -2.38. The number of hydrogen-bond acceptors (Lipinski definition) is 5. The van der Waals surface area contributed by atoms with E-state index >= 15 is 0 Å². The van der Waals surface area contributed by atoms with Gasteiger partial charge in [-0.05, 0) is 43.9 Å². The molecule has 1 saturated heterocycles. The molecule has 2 aliphatic rings. The highest BCUT2D eigenvalue weighted by Crippen LogP contribution is 2.35. The Kier molecular flexibility index (Phi) is 5.38. The number of fused-ring (bicyclic) bond motifs is 1. The minimum Gasteiger partial charge on any atom is -0.477 e. The van der Waals surface area contributed by atoms with E-state index < -0.39 is 6.10 Å². The summed E-state index contributed by atoms with van der Waals surface area (Å²) in [5.74, 6) is 0.706. The number of carbonyl (C=O) groups is 1. The summed E-state index contributed by atoms with van der Waals surface area (Å²) in [4.78, 5) is 28.0. The largest absolute Gasteiger partial charge is 0.477 e. The number of anilines is 1. The molecule has 2 aliphatic heterocycles. The molecule has 0 bridgehead atoms. The fraction of sp³-hybridized carbons (Fsp3) is 0.409. The standard InChI is InChI=1S/C22H25N3O4/c1-16-17(8-7-10-18(16)25(27)28)14-24-15-21(22(26)23-12-5-2-6-13-23)29-20-11-4-3-9-19(20)24/h3-4,7-11,21H,2,5-6,12-15H2,1H3. The highest BCUT2D eigenvalue weighted by Gasteiger charge is 2.34. The van der Waals surface area contributed by atoms with Gasteiger partial charge in [-0.25, -0.2) is 0 Å². The topological polar surface area (TPSA) is 75.9 Å². The number of ether oxygens (including phenoxy) is 1. The van der Waals surface area contributed by atoms with Gasteiger partial charge in [0.05, 0.1) is 17.2 Å². The summed E-state index contributed by atoms with van der Waals surface area (Å²) in [6.07, 6.45) is 2.66. The van der Waals surface area contributed by atoms with Crippen LogP contribution in [0.2, 0.25) is 0 Å². The molecule has 7 nitrogen and oxygen atoms in total. The maximum Gasteiger partial charge on any atom is 0.272 e. The first-order valence-corrected chi connectivity index (χ1v) is 10.1. The fourth-order valence-electron chi connectivity index (χ4n) is 4.15. The monoisotopic (exact) mass is 395 g/mol. The number of rotatable bonds is 4. The van der Waals surface area contributed by atoms with Gasteiger partial charge in [0.1, 0.15) is 5.75 Å². The molecule has 0 N–H and O–H groups in total. The summed E-state index contributed by atoms with van der Waals surface area (Å²) in [6, 6.07) is 12.8. The van der Waals surface area contributed by atoms with Gasteiger partial charge in [-0.1, -0.05) is 24.3 Å². The molecule has 4 rings (SSSR count). The number of likely N-dealkylation sites (tertiary alicyclic amines) is 1. The van der Waals surface area contributed by atoms with Gasteiger partial charge >= 0.3 is 0 Å². The van der Waals surface area contributed by atoms with Crippen LogP contribution in [0.15, 0.2) is 42.5 Å². The van der Waals surface area contributed by atoms with Crippen LogP contribution in [0.3, 0.4) is 0 Å². The molecule has 0 aromatic heterocycles. The van der Waals surface area contributed by atoms with E-state index in [1.54, 1.807) is 13.0 Å². The Morgan fingerprint density at radius 2 is 1.90 bits per heavy atom. The van der Waals surface area contributed by atoms with E-state index in [-0.39, 0.29) is 16.5 Å². The summed E-state index contributed by atoms with van der Waals surface area (Å²) < 4.78 is 6.07. The molecule has 7 heteroatoms. The summed E-state index contributed by atoms with van der Waals surface area (Å²) in [5.41, 5.74) is 2.55. The number of carbonyl (C=O) groups excluding carboxylic acids is 1. The average molecular weight is 395 g/mol. The Morgan fingerprint density at radius 1 is 1.14 bits per heavy atom. The van der Waals surface area contributed by atoms with E-state index in [2.05, 4.69) is 4.90 Å². The Labute approximate surface area is 170 Å². The van der Waals surface area contributed by atoms with Crippen molar-refractivity contribution in [3.8, 4) is 5.75 Å². The fourth-order valence-corrected chi connectivity index (χ4v) is 4.15. The van der Waals surface area contributed by atoms with Crippen LogP contribution in [0.25, 0.3) is 0 Å². The van der Waals surface area contributed by atoms with Crippen LogP contribution in [-0.2, 0) is 11.3 Å². The van der Waals surface area contributed by atoms with Crippen LogP contribution >= 0.6 is 0 Å². The summed E-state index contributed by atoms with van der Waals surface area (Å²) in [5, 5.41) is 11.3. The van der Waals surface area contributed by atoms with E-state index in [1.807, 2.05) is 35.2 Å². The summed E-state index contributed by atoms with van der Waals surface area (Å²) in [6.45, 7) is 4.25. The molecule has 0 saturated carbocycles. The predicted octanol–water partition coefficient (Wildman–Crippen LogP) is 3.68. The van der Waals surface area contributed by atoms with Crippen molar-refractivity contribution in [1.29, 1.82) is 0 Å². The number of para-hydroxylation sites is 2. The molecule has 0 radical (unpaired) electrons. The van der Waals surface area contributed by atoms with Gasteiger partial charge in [0, 0.05) is 31.3 Å². The van der Waals surface area contributed by atoms with Crippen LogP contribution in [0.4, 0.5) is 11.4 Å². The molecule has 2 aromatic rings. The Balaban J connectivity index is 1.61. The van der Waals surface area contributed by atoms with Gasteiger partial charge in [0.15, 0.2) is 6.10 Å². The molecular formula is C22H25N3O4. The zero-order chi connectivity index (χ0) is 20.4. The normalized spacial score (nSPS) is 18.7. The highest BCUT2D eigenvalue weighted by molar-refractivity contribution is 5.83. The second-order valence-corrected chi connectivity index (χ2v) is 7.66. The quantitative estimate of drug-likeness (QED) is 0.583. The maximum atomic E-state index is 13.1. The van der Waals surface area contributed by atoms with Crippen LogP contribution in [0, 0.1) is 17.0 Å². The third kappa shape index (κ3) is 3.90. The van der Waals surface area contributed by atoms with E-state index in [0.29, 0.717) is 24.4 Å². The summed E-state index contributed by atoms with van der Waals surface area (Å²) in [7, 11) is 0. The third-order valence-electron chi connectivity index (χ3n) is 5.78. The Bertz CT molecular complexity index is 924. The van der Waals surface area contributed by atoms with E-state index in [9.17, 15) is 14.9 Å². The zero-order valence-electron chi connectivity index (χ0n) is 16.5. The van der Waals surface area contributed by atoms with Crippen LogP contribution < -0.4 is 9.64 Å². The van der Waals surface area contributed by atoms with Crippen LogP contribution in [0.5, 0.6) is 5.75 Å². The molecule has 0 spiro atoms. The van der Waals surface area contributed by atoms with E-state index in [4.69, 9.17) is 4.74 Å². The van der Waals surface area contributed by atoms with Crippen molar-refractivity contribution in [2.45, 2.75) is 38.8 Å². The van der Waals surface area contributed by atoms with Crippen molar-refractivity contribution in [3.63, 3.8) is 0 Å². The molecular weight excluding hydrogens is 370 g/mol. The lowest BCUT2D eigenvalue weighted by Crippen LogP contribution is -2.51. The van der Waals surface area contributed by atoms with Crippen molar-refractivity contribution >= 4 is 17.3 Å². The molecule has 1 atom stereocenters. The average Bonchev–Trinajstić information content (AvgIpc) is 2.75. The predicted molar refractivity (Wildman–Crippen MR) is 110 cm³/mol. The second-order valence-electron chi connectivity index (χ2n) is 7.66. The maximum absolute atomic E-state index is 13.1. The second kappa shape index (κ2) is 8.11. The molecule has 2 aromatic carbocycles. The van der Waals surface area contributed by atoms with Crippen molar-refractivity contribution < 1.29 is 14.5 Å². The number of nitro benzene ring substituents is 1. The van der Waals surface area contributed by atoms with Gasteiger partial charge in [0.2, 0.25) is 0 Å². The zero-order valence-corrected chi connectivity index (χ0v) is 16.5. The Morgan fingerprint density at radius 3 is 2.66 bits per heavy atom. The van der Waals surface area contributed by atoms with Crippen molar-refractivity contribution in [1.82, 2.24) is 4.90 Å². The van der Waals surface area contributed by atoms with Gasteiger partial charge in [0.25, 0.3) is 11.6 Å². The third-order valence-corrected chi connectivity index (χ3v) is 5.78. The minimum atomic E-state index is -0.568. The SMILES string of the molecule is Cc1c(CN2CC(C(=O)N3CCCCC3)Oc3ccccc32)cccc1[N+](=O)[O-]. The number of benzene rings is 2. The molecule has 2 heterocycles. The lowest BCUT2D eigenvalue weighted by atomic mass is 10.0. The lowest BCUT2D eigenvalue weighted by molar-refractivity contribution is -0.385. The Hall–Kier alpha value is -3.09. The van der Waals surface area contributed by atoms with Gasteiger partial charge in [-0.15, -0.1) is 0 Å². The number of hydrogen-bond donors (Lipinski definition) is 0. The van der Waals surface area contributed by atoms with Gasteiger partial charge in [-0.3, -0.25) is 14.9 Å². The smallest absolute Gasteiger partial charge is 0.272 e. The highest BCUT2D eigenvalue weighted by atomic mass is 16.6. The van der Waals surface area contributed by atoms with Crippen molar-refractivity contribution in [3.05, 3.63) is 63.7 Å². The first-order chi connectivity index (χ1) is 14.0. The number of piperidine rings is 1. The van der Waals surface area contributed by atoms with Crippen LogP contribution in [-0.4, -0.2) is 41.5 Å². The van der Waals surface area contributed by atoms with Gasteiger partial charge in [-0.2, -0.15) is 0 Å². The van der Waals surface area contributed by atoms with Crippen LogP contribution in [0.1, 0.15) is 30.4 Å². The number of nitro groups is 1. The van der Waals surface area contributed by atoms with E-state index in [0.717, 1.165) is 43.6 Å². The molecule has 1 amide bonds. The summed E-state index contributed by atoms with van der Waals surface area (Å²) >= 11 is 0. The van der Waals surface area contributed by atoms with Crippen molar-refractivity contribution in [2.24, 2.45) is 0 Å². The molecule has 29 heavy (non-hydrogen) atoms. The van der Waals surface area contributed by atoms with Gasteiger partial charge < -0.3 is 14.5 Å². The number of amides is 1. The first kappa shape index (κ1) is 19.2. The molecule has 1 fully saturated rings. The molecule has 152 valence electrons. The van der Waals surface area contributed by atoms with Crippen molar-refractivity contribution in [2.75, 3.05) is 24.5 Å². The first-order valence-electron chi connectivity index (χ1n) is 10.1. The molecule has 1 unspecified atom stereocenters. The minimum absolute atomic E-state index is 0.0277.